The summed E-state index contributed by atoms with van der Waals surface area (Å²) in [6, 6.07) is 0. The van der Waals surface area contributed by atoms with E-state index in [1.807, 2.05) is 21.1 Å². The largest absolute Gasteiger partial charge is 0.472 e. The summed E-state index contributed by atoms with van der Waals surface area (Å²) in [5, 5.41) is 0. The maximum Gasteiger partial charge on any atom is 0.472 e. The maximum absolute atomic E-state index is 12.8. The zero-order valence-corrected chi connectivity index (χ0v) is 41.9. The molecule has 0 aliphatic carbocycles. The number of carbonyl (C=O) groups is 1. The van der Waals surface area contributed by atoms with Gasteiger partial charge in [0.2, 0.25) is 0 Å². The van der Waals surface area contributed by atoms with Crippen LogP contribution in [-0.2, 0) is 27.9 Å². The van der Waals surface area contributed by atoms with Crippen molar-refractivity contribution >= 4 is 13.8 Å². The van der Waals surface area contributed by atoms with E-state index < -0.39 is 13.9 Å². The van der Waals surface area contributed by atoms with Gasteiger partial charge in [0.15, 0.2) is 0 Å². The van der Waals surface area contributed by atoms with Crippen LogP contribution < -0.4 is 0 Å². The lowest BCUT2D eigenvalue weighted by Gasteiger charge is -2.24. The molecule has 8 nitrogen and oxygen atoms in total. The number of unbranched alkanes of at least 4 members (excludes halogenated alkanes) is 15. The Bertz CT molecular complexity index is 1320. The molecule has 0 fully saturated rings. The van der Waals surface area contributed by atoms with Crippen molar-refractivity contribution in [1.29, 1.82) is 0 Å². The number of hydrogen-bond acceptors (Lipinski definition) is 6. The molecule has 0 spiro atoms. The van der Waals surface area contributed by atoms with Crippen molar-refractivity contribution in [2.45, 2.75) is 187 Å². The zero-order valence-electron chi connectivity index (χ0n) is 41.0. The molecule has 0 aromatic carbocycles. The van der Waals surface area contributed by atoms with Crippen LogP contribution >= 0.6 is 7.82 Å². The van der Waals surface area contributed by atoms with Crippen molar-refractivity contribution in [1.82, 2.24) is 0 Å². The van der Waals surface area contributed by atoms with Crippen molar-refractivity contribution < 1.29 is 37.3 Å². The fourth-order valence-electron chi connectivity index (χ4n) is 6.29. The Morgan fingerprint density at radius 1 is 0.508 bits per heavy atom. The highest BCUT2D eigenvalue weighted by molar-refractivity contribution is 7.47. The summed E-state index contributed by atoms with van der Waals surface area (Å²) in [4.78, 5) is 23.0. The average molecular weight is 901 g/mol. The van der Waals surface area contributed by atoms with Crippen LogP contribution in [0.3, 0.4) is 0 Å². The van der Waals surface area contributed by atoms with Crippen molar-refractivity contribution in [2.24, 2.45) is 0 Å². The molecule has 0 rings (SSSR count). The van der Waals surface area contributed by atoms with E-state index >= 15 is 0 Å². The molecule has 0 radical (unpaired) electrons. The smallest absolute Gasteiger partial charge is 0.457 e. The van der Waals surface area contributed by atoms with Crippen LogP contribution in [0.4, 0.5) is 0 Å². The second kappa shape index (κ2) is 46.0. The Kier molecular flexibility index (Phi) is 44.1. The third-order valence-corrected chi connectivity index (χ3v) is 11.1. The molecule has 0 amide bonds. The van der Waals surface area contributed by atoms with Crippen LogP contribution in [0.2, 0.25) is 0 Å². The van der Waals surface area contributed by atoms with Crippen molar-refractivity contribution in [3.05, 3.63) is 97.2 Å². The standard InChI is InChI=1S/C54H94NO7P/c1-6-8-10-12-14-16-18-20-22-24-26-28-29-31-33-35-37-39-41-43-45-47-54(56)62-53(52-61-63(57,58)60-50-48-55(3,4)5)51-59-49-46-44-42-40-38-36-34-32-30-27-25-23-21-19-17-15-13-11-9-7-2/h9,11,15,17-18,20-21,23-24,26-27,29-31,34,36,53H,6-8,10,12-14,16,19,22,25,28,32-33,35,37-52H2,1-5H3/p+1/b11-9-,17-15-,20-18-,23-21-,26-24-,30-27-,31-29-,36-34-. The first kappa shape index (κ1) is 60.4. The Hall–Kier alpha value is -2.58. The summed E-state index contributed by atoms with van der Waals surface area (Å²) < 4.78 is 35.1. The first-order valence-corrected chi connectivity index (χ1v) is 26.5. The normalized spacial score (nSPS) is 14.4. The highest BCUT2D eigenvalue weighted by atomic mass is 31.2. The number of rotatable bonds is 45. The molecule has 0 saturated heterocycles. The third kappa shape index (κ3) is 50.3. The number of esters is 1. The molecule has 0 aliphatic rings. The van der Waals surface area contributed by atoms with Crippen LogP contribution in [0.5, 0.6) is 0 Å². The van der Waals surface area contributed by atoms with Gasteiger partial charge < -0.3 is 18.9 Å². The Labute approximate surface area is 387 Å². The van der Waals surface area contributed by atoms with Gasteiger partial charge in [0.1, 0.15) is 19.3 Å². The van der Waals surface area contributed by atoms with Gasteiger partial charge in [-0.1, -0.05) is 175 Å². The second-order valence-corrected chi connectivity index (χ2v) is 18.9. The summed E-state index contributed by atoms with van der Waals surface area (Å²) in [7, 11) is 1.62. The van der Waals surface area contributed by atoms with E-state index in [4.69, 9.17) is 18.5 Å². The number of allylic oxidation sites excluding steroid dienone is 16. The average Bonchev–Trinajstić information content (AvgIpc) is 3.24. The van der Waals surface area contributed by atoms with Gasteiger partial charge in [0, 0.05) is 13.0 Å². The van der Waals surface area contributed by atoms with Gasteiger partial charge >= 0.3 is 13.8 Å². The summed E-state index contributed by atoms with van der Waals surface area (Å²) >= 11 is 0. The number of phosphoric ester groups is 1. The highest BCUT2D eigenvalue weighted by Crippen LogP contribution is 2.43. The Morgan fingerprint density at radius 3 is 1.38 bits per heavy atom. The number of likely N-dealkylation sites (N-methyl/N-ethyl adjacent to an activating group) is 1. The molecule has 0 bridgehead atoms. The van der Waals surface area contributed by atoms with Crippen LogP contribution in [0.25, 0.3) is 0 Å². The van der Waals surface area contributed by atoms with E-state index in [0.717, 1.165) is 109 Å². The molecular formula is C54H95NO7P+. The van der Waals surface area contributed by atoms with E-state index in [2.05, 4.69) is 111 Å². The molecule has 0 aromatic heterocycles. The molecule has 2 atom stereocenters. The monoisotopic (exact) mass is 901 g/mol. The topological polar surface area (TPSA) is 91.3 Å². The molecule has 362 valence electrons. The zero-order chi connectivity index (χ0) is 46.2. The van der Waals surface area contributed by atoms with E-state index in [1.165, 1.54) is 51.4 Å². The molecule has 2 unspecified atom stereocenters. The van der Waals surface area contributed by atoms with Gasteiger partial charge in [-0.15, -0.1) is 0 Å². The summed E-state index contributed by atoms with van der Waals surface area (Å²) in [6.07, 6.45) is 63.1. The van der Waals surface area contributed by atoms with E-state index in [-0.39, 0.29) is 25.8 Å². The minimum absolute atomic E-state index is 0.0747. The fourth-order valence-corrected chi connectivity index (χ4v) is 7.03. The minimum atomic E-state index is -4.30. The number of phosphoric acid groups is 1. The van der Waals surface area contributed by atoms with Gasteiger partial charge in [-0.05, 0) is 96.3 Å². The number of carbonyl (C=O) groups excluding carboxylic acids is 1. The maximum atomic E-state index is 12.8. The molecular weight excluding hydrogens is 806 g/mol. The Morgan fingerprint density at radius 2 is 0.921 bits per heavy atom. The predicted molar refractivity (Wildman–Crippen MR) is 270 cm³/mol. The third-order valence-electron chi connectivity index (χ3n) is 10.1. The lowest BCUT2D eigenvalue weighted by atomic mass is 10.1. The van der Waals surface area contributed by atoms with Crippen molar-refractivity contribution in [3.63, 3.8) is 0 Å². The lowest BCUT2D eigenvalue weighted by Crippen LogP contribution is -2.37. The lowest BCUT2D eigenvalue weighted by molar-refractivity contribution is -0.870. The first-order valence-electron chi connectivity index (χ1n) is 25.0. The fraction of sp³-hybridized carbons (Fsp3) is 0.685. The van der Waals surface area contributed by atoms with Crippen LogP contribution in [0.1, 0.15) is 181 Å². The molecule has 1 N–H and O–H groups in total. The van der Waals surface area contributed by atoms with E-state index in [0.29, 0.717) is 24.1 Å². The molecule has 9 heteroatoms. The minimum Gasteiger partial charge on any atom is -0.457 e. The highest BCUT2D eigenvalue weighted by Gasteiger charge is 2.26. The van der Waals surface area contributed by atoms with E-state index in [9.17, 15) is 14.3 Å². The van der Waals surface area contributed by atoms with Crippen molar-refractivity contribution in [2.75, 3.05) is 54.1 Å². The van der Waals surface area contributed by atoms with E-state index in [1.54, 1.807) is 0 Å². The molecule has 0 heterocycles. The summed E-state index contributed by atoms with van der Waals surface area (Å²) in [5.74, 6) is -0.339. The quantitative estimate of drug-likeness (QED) is 0.0214. The molecule has 63 heavy (non-hydrogen) atoms. The number of ether oxygens (including phenoxy) is 2. The SMILES string of the molecule is CC/C=C\C/C=C\C/C=C\C/C=C\C/C=C\CCCCCCOCC(COP(=O)(O)OCC[N+](C)(C)C)OC(=O)CCCCCCCC/C=C\C/C=C\C/C=C\CCCCCCC. The molecule has 0 aromatic rings. The summed E-state index contributed by atoms with van der Waals surface area (Å²) in [6.45, 7) is 5.40. The van der Waals surface area contributed by atoms with Crippen LogP contribution in [0, 0.1) is 0 Å². The van der Waals surface area contributed by atoms with Crippen LogP contribution in [-0.4, -0.2) is 75.6 Å². The van der Waals surface area contributed by atoms with Gasteiger partial charge in [0.25, 0.3) is 0 Å². The first-order chi connectivity index (χ1) is 30.6. The van der Waals surface area contributed by atoms with Gasteiger partial charge in [-0.3, -0.25) is 13.8 Å². The van der Waals surface area contributed by atoms with Crippen LogP contribution in [0.15, 0.2) is 97.2 Å². The number of nitrogens with zero attached hydrogens (tertiary/aromatic N) is 1. The van der Waals surface area contributed by atoms with Gasteiger partial charge in [0.05, 0.1) is 34.4 Å². The predicted octanol–water partition coefficient (Wildman–Crippen LogP) is 15.4. The second-order valence-electron chi connectivity index (χ2n) is 17.5. The Balaban J connectivity index is 4.28. The summed E-state index contributed by atoms with van der Waals surface area (Å²) in [5.41, 5.74) is 0. The number of hydrogen-bond donors (Lipinski definition) is 1. The van der Waals surface area contributed by atoms with Crippen molar-refractivity contribution in [3.8, 4) is 0 Å². The molecule has 0 aliphatic heterocycles. The van der Waals surface area contributed by atoms with Gasteiger partial charge in [-0.2, -0.15) is 0 Å². The number of quaternary nitrogens is 1. The molecule has 0 saturated carbocycles. The van der Waals surface area contributed by atoms with Gasteiger partial charge in [-0.25, -0.2) is 4.57 Å².